The molecule has 0 bridgehead atoms. The van der Waals surface area contributed by atoms with E-state index in [2.05, 4.69) is 29.7 Å². The smallest absolute Gasteiger partial charge is 0.256 e. The largest absolute Gasteiger partial charge is 0.362 e. The van der Waals surface area contributed by atoms with Crippen molar-refractivity contribution in [2.75, 3.05) is 18.4 Å². The molecule has 0 aromatic heterocycles. The molecule has 2 heterocycles. The molecule has 0 saturated carbocycles. The molecule has 1 fully saturated rings. The molecule has 2 aromatic carbocycles. The van der Waals surface area contributed by atoms with Crippen molar-refractivity contribution in [1.29, 1.82) is 0 Å². The van der Waals surface area contributed by atoms with Gasteiger partial charge in [0.2, 0.25) is 0 Å². The van der Waals surface area contributed by atoms with E-state index in [9.17, 15) is 9.59 Å². The van der Waals surface area contributed by atoms with Crippen LogP contribution >= 0.6 is 23.2 Å². The highest BCUT2D eigenvalue weighted by Gasteiger charge is 2.42. The summed E-state index contributed by atoms with van der Waals surface area (Å²) in [7, 11) is 0. The predicted molar refractivity (Wildman–Crippen MR) is 125 cm³/mol. The summed E-state index contributed by atoms with van der Waals surface area (Å²) in [5.74, 6) is -0.202. The zero-order valence-electron chi connectivity index (χ0n) is 17.6. The Kier molecular flexibility index (Phi) is 6.44. The first-order chi connectivity index (χ1) is 14.9. The Morgan fingerprint density at radius 3 is 2.42 bits per heavy atom. The van der Waals surface area contributed by atoms with Gasteiger partial charge < -0.3 is 15.5 Å². The number of fused-ring (bicyclic) bond motifs is 1. The molecule has 2 aliphatic rings. The highest BCUT2D eigenvalue weighted by atomic mass is 35.5. The second-order valence-electron chi connectivity index (χ2n) is 8.39. The van der Waals surface area contributed by atoms with Crippen LogP contribution in [0.5, 0.6) is 0 Å². The fourth-order valence-electron chi connectivity index (χ4n) is 4.36. The molecule has 2 aromatic rings. The molecule has 2 aliphatic heterocycles. The van der Waals surface area contributed by atoms with Gasteiger partial charge in [-0.3, -0.25) is 9.59 Å². The fourth-order valence-corrected chi connectivity index (χ4v) is 4.77. The standard InChI is InChI=1S/C24H27Cl2N3O2/c1-2-3-4-5-16-6-8-17(9-7-16)23(31)29-14-12-24(13-15-29)27-19-11-10-18(25)21(26)20(19)22(30)28-24/h6-11,27H,2-5,12-15H2,1H3,(H,28,30). The Bertz CT molecular complexity index is 983. The van der Waals surface area contributed by atoms with Crippen LogP contribution in [0.2, 0.25) is 10.0 Å². The maximum absolute atomic E-state index is 13.0. The Hall–Kier alpha value is -2.24. The van der Waals surface area contributed by atoms with Gasteiger partial charge in [0.05, 0.1) is 21.3 Å². The molecule has 5 nitrogen and oxygen atoms in total. The fraction of sp³-hybridized carbons (Fsp3) is 0.417. The minimum Gasteiger partial charge on any atom is -0.362 e. The zero-order chi connectivity index (χ0) is 22.0. The van der Waals surface area contributed by atoms with E-state index in [1.165, 1.54) is 24.8 Å². The summed E-state index contributed by atoms with van der Waals surface area (Å²) in [4.78, 5) is 27.6. The number of hydrogen-bond donors (Lipinski definition) is 2. The topological polar surface area (TPSA) is 61.4 Å². The van der Waals surface area contributed by atoms with Crippen LogP contribution in [0.4, 0.5) is 5.69 Å². The van der Waals surface area contributed by atoms with Gasteiger partial charge >= 0.3 is 0 Å². The Balaban J connectivity index is 1.40. The molecule has 2 amide bonds. The van der Waals surface area contributed by atoms with Crippen molar-refractivity contribution in [2.24, 2.45) is 0 Å². The van der Waals surface area contributed by atoms with E-state index in [4.69, 9.17) is 23.2 Å². The number of likely N-dealkylation sites (tertiary alicyclic amines) is 1. The van der Waals surface area contributed by atoms with Crippen LogP contribution < -0.4 is 10.6 Å². The molecule has 164 valence electrons. The Morgan fingerprint density at radius 2 is 1.74 bits per heavy atom. The molecule has 7 heteroatoms. The molecule has 2 N–H and O–H groups in total. The lowest BCUT2D eigenvalue weighted by molar-refractivity contribution is 0.0639. The van der Waals surface area contributed by atoms with Crippen molar-refractivity contribution < 1.29 is 9.59 Å². The molecule has 0 radical (unpaired) electrons. The quantitative estimate of drug-likeness (QED) is 0.579. The van der Waals surface area contributed by atoms with Crippen LogP contribution in [0.15, 0.2) is 36.4 Å². The summed E-state index contributed by atoms with van der Waals surface area (Å²) in [6.07, 6.45) is 5.88. The van der Waals surface area contributed by atoms with Crippen LogP contribution in [0.1, 0.15) is 65.3 Å². The van der Waals surface area contributed by atoms with E-state index in [0.29, 0.717) is 47.8 Å². The number of hydrogen-bond acceptors (Lipinski definition) is 3. The van der Waals surface area contributed by atoms with Crippen LogP contribution in [-0.4, -0.2) is 35.5 Å². The summed E-state index contributed by atoms with van der Waals surface area (Å²) in [5.41, 5.74) is 2.45. The van der Waals surface area contributed by atoms with Gasteiger partial charge in [-0.1, -0.05) is 55.1 Å². The third-order valence-corrected chi connectivity index (χ3v) is 7.03. The number of aryl methyl sites for hydroxylation is 1. The Labute approximate surface area is 193 Å². The van der Waals surface area contributed by atoms with Gasteiger partial charge in [-0.25, -0.2) is 0 Å². The van der Waals surface area contributed by atoms with Crippen molar-refractivity contribution >= 4 is 40.7 Å². The number of piperidine rings is 1. The van der Waals surface area contributed by atoms with Gasteiger partial charge in [0.1, 0.15) is 5.66 Å². The lowest BCUT2D eigenvalue weighted by Gasteiger charge is -2.46. The van der Waals surface area contributed by atoms with E-state index in [1.54, 1.807) is 12.1 Å². The molecule has 31 heavy (non-hydrogen) atoms. The van der Waals surface area contributed by atoms with Crippen molar-refractivity contribution in [1.82, 2.24) is 10.2 Å². The number of nitrogens with one attached hydrogen (secondary N) is 2. The average Bonchev–Trinajstić information content (AvgIpc) is 2.77. The molecular formula is C24H27Cl2N3O2. The summed E-state index contributed by atoms with van der Waals surface area (Å²) in [6, 6.07) is 11.4. The van der Waals surface area contributed by atoms with E-state index >= 15 is 0 Å². The van der Waals surface area contributed by atoms with E-state index in [1.807, 2.05) is 17.0 Å². The first-order valence-corrected chi connectivity index (χ1v) is 11.6. The van der Waals surface area contributed by atoms with E-state index < -0.39 is 5.66 Å². The molecule has 0 aliphatic carbocycles. The maximum atomic E-state index is 13.0. The normalized spacial score (nSPS) is 17.1. The van der Waals surface area contributed by atoms with Gasteiger partial charge in [-0.15, -0.1) is 0 Å². The van der Waals surface area contributed by atoms with Crippen LogP contribution in [-0.2, 0) is 6.42 Å². The Morgan fingerprint density at radius 1 is 1.03 bits per heavy atom. The number of halogens is 2. The SMILES string of the molecule is CCCCCc1ccc(C(=O)N2CCC3(CC2)NC(=O)c2c(ccc(Cl)c2Cl)N3)cc1. The summed E-state index contributed by atoms with van der Waals surface area (Å²) in [5, 5.41) is 7.09. The molecule has 1 saturated heterocycles. The number of carbonyl (C=O) groups excluding carboxylic acids is 2. The van der Waals surface area contributed by atoms with Gasteiger partial charge in [0, 0.05) is 31.5 Å². The number of unbranched alkanes of at least 4 members (excludes halogenated alkanes) is 2. The van der Waals surface area contributed by atoms with Gasteiger partial charge in [-0.2, -0.15) is 0 Å². The molecular weight excluding hydrogens is 433 g/mol. The average molecular weight is 460 g/mol. The minimum atomic E-state index is -0.582. The summed E-state index contributed by atoms with van der Waals surface area (Å²) >= 11 is 12.3. The molecule has 0 unspecified atom stereocenters. The summed E-state index contributed by atoms with van der Waals surface area (Å²) < 4.78 is 0. The first kappa shape index (κ1) is 22.0. The number of carbonyl (C=O) groups is 2. The van der Waals surface area contributed by atoms with Gasteiger partial charge in [0.15, 0.2) is 0 Å². The monoisotopic (exact) mass is 459 g/mol. The summed E-state index contributed by atoms with van der Waals surface area (Å²) in [6.45, 7) is 3.31. The van der Waals surface area contributed by atoms with Crippen molar-refractivity contribution in [3.8, 4) is 0 Å². The van der Waals surface area contributed by atoms with Crippen molar-refractivity contribution in [3.05, 3.63) is 63.1 Å². The number of anilines is 1. The number of amides is 2. The lowest BCUT2D eigenvalue weighted by atomic mass is 9.92. The predicted octanol–water partition coefficient (Wildman–Crippen LogP) is 5.51. The van der Waals surface area contributed by atoms with Crippen LogP contribution in [0.25, 0.3) is 0 Å². The van der Waals surface area contributed by atoms with Crippen molar-refractivity contribution in [3.63, 3.8) is 0 Å². The molecule has 4 rings (SSSR count). The third-order valence-electron chi connectivity index (χ3n) is 6.22. The van der Waals surface area contributed by atoms with Gasteiger partial charge in [-0.05, 0) is 42.7 Å². The number of nitrogens with zero attached hydrogens (tertiary/aromatic N) is 1. The highest BCUT2D eigenvalue weighted by Crippen LogP contribution is 2.38. The van der Waals surface area contributed by atoms with Crippen molar-refractivity contribution in [2.45, 2.75) is 51.1 Å². The zero-order valence-corrected chi connectivity index (χ0v) is 19.2. The highest BCUT2D eigenvalue weighted by molar-refractivity contribution is 6.44. The maximum Gasteiger partial charge on any atom is 0.256 e. The molecule has 0 atom stereocenters. The third kappa shape index (κ3) is 4.53. The molecule has 1 spiro atoms. The van der Waals surface area contributed by atoms with Crippen LogP contribution in [0, 0.1) is 0 Å². The van der Waals surface area contributed by atoms with E-state index in [0.717, 1.165) is 6.42 Å². The first-order valence-electron chi connectivity index (χ1n) is 10.9. The number of benzene rings is 2. The second kappa shape index (κ2) is 9.09. The number of rotatable bonds is 5. The van der Waals surface area contributed by atoms with Crippen LogP contribution in [0.3, 0.4) is 0 Å². The lowest BCUT2D eigenvalue weighted by Crippen LogP contribution is -2.62. The second-order valence-corrected chi connectivity index (χ2v) is 9.18. The van der Waals surface area contributed by atoms with Gasteiger partial charge in [0.25, 0.3) is 11.8 Å². The minimum absolute atomic E-state index is 0.0346. The van der Waals surface area contributed by atoms with E-state index in [-0.39, 0.29) is 16.8 Å².